The van der Waals surface area contributed by atoms with Crippen molar-refractivity contribution in [2.75, 3.05) is 6.54 Å². The van der Waals surface area contributed by atoms with E-state index in [0.29, 0.717) is 5.56 Å². The van der Waals surface area contributed by atoms with Crippen LogP contribution in [0.25, 0.3) is 0 Å². The smallest absolute Gasteiger partial charge is 0.335 e. The molecule has 104 valence electrons. The van der Waals surface area contributed by atoms with Crippen molar-refractivity contribution in [1.82, 2.24) is 5.32 Å². The normalized spacial score (nSPS) is 22.6. The third-order valence-corrected chi connectivity index (χ3v) is 4.59. The van der Waals surface area contributed by atoms with E-state index in [2.05, 4.69) is 28.2 Å². The van der Waals surface area contributed by atoms with Gasteiger partial charge in [0, 0.05) is 11.0 Å². The summed E-state index contributed by atoms with van der Waals surface area (Å²) in [7, 11) is 0. The lowest BCUT2D eigenvalue weighted by Gasteiger charge is -2.12. The average molecular weight is 326 g/mol. The summed E-state index contributed by atoms with van der Waals surface area (Å²) in [6.45, 7) is 4.16. The second-order valence-corrected chi connectivity index (χ2v) is 6.38. The minimum absolute atomic E-state index is 0.320. The standard InChI is InChI=1S/C15H20BrNO2/c1-10-2-3-11(6-10)8-17-9-13-5-4-12(15(18)19)7-14(13)16/h4-5,7,10-11,17H,2-3,6,8-9H2,1H3,(H,18,19). The van der Waals surface area contributed by atoms with Gasteiger partial charge in [0.05, 0.1) is 5.56 Å². The summed E-state index contributed by atoms with van der Waals surface area (Å²) in [6, 6.07) is 5.19. The van der Waals surface area contributed by atoms with Crippen LogP contribution < -0.4 is 5.32 Å². The van der Waals surface area contributed by atoms with Crippen molar-refractivity contribution in [1.29, 1.82) is 0 Å². The van der Waals surface area contributed by atoms with Crippen molar-refractivity contribution in [2.45, 2.75) is 32.7 Å². The molecule has 0 saturated heterocycles. The van der Waals surface area contributed by atoms with E-state index >= 15 is 0 Å². The van der Waals surface area contributed by atoms with Crippen LogP contribution in [0.4, 0.5) is 0 Å². The first-order chi connectivity index (χ1) is 9.06. The van der Waals surface area contributed by atoms with Crippen LogP contribution in [0.3, 0.4) is 0 Å². The van der Waals surface area contributed by atoms with E-state index in [-0.39, 0.29) is 0 Å². The van der Waals surface area contributed by atoms with Gasteiger partial charge in [-0.1, -0.05) is 35.3 Å². The summed E-state index contributed by atoms with van der Waals surface area (Å²) >= 11 is 3.44. The van der Waals surface area contributed by atoms with Crippen molar-refractivity contribution < 1.29 is 9.90 Å². The Morgan fingerprint density at radius 3 is 2.84 bits per heavy atom. The molecular weight excluding hydrogens is 306 g/mol. The molecule has 4 heteroatoms. The van der Waals surface area contributed by atoms with Gasteiger partial charge in [0.15, 0.2) is 0 Å². The summed E-state index contributed by atoms with van der Waals surface area (Å²) in [6.07, 6.45) is 4.00. The van der Waals surface area contributed by atoms with Gasteiger partial charge in [-0.3, -0.25) is 0 Å². The Morgan fingerprint density at radius 2 is 2.26 bits per heavy atom. The lowest BCUT2D eigenvalue weighted by molar-refractivity contribution is 0.0697. The van der Waals surface area contributed by atoms with Gasteiger partial charge in [0.2, 0.25) is 0 Å². The molecule has 2 rings (SSSR count). The van der Waals surface area contributed by atoms with E-state index in [9.17, 15) is 4.79 Å². The van der Waals surface area contributed by atoms with Gasteiger partial charge in [-0.25, -0.2) is 4.79 Å². The average Bonchev–Trinajstić information content (AvgIpc) is 2.77. The van der Waals surface area contributed by atoms with Gasteiger partial charge in [-0.2, -0.15) is 0 Å². The Balaban J connectivity index is 1.84. The fraction of sp³-hybridized carbons (Fsp3) is 0.533. The molecule has 2 unspecified atom stereocenters. The van der Waals surface area contributed by atoms with Crippen LogP contribution in [-0.4, -0.2) is 17.6 Å². The molecule has 1 aromatic carbocycles. The molecule has 19 heavy (non-hydrogen) atoms. The van der Waals surface area contributed by atoms with E-state index in [0.717, 1.165) is 35.0 Å². The van der Waals surface area contributed by atoms with Crippen LogP contribution in [-0.2, 0) is 6.54 Å². The van der Waals surface area contributed by atoms with Crippen LogP contribution in [0.1, 0.15) is 42.1 Å². The fourth-order valence-corrected chi connectivity index (χ4v) is 3.26. The summed E-state index contributed by atoms with van der Waals surface area (Å²) < 4.78 is 0.861. The van der Waals surface area contributed by atoms with Gasteiger partial charge in [0.1, 0.15) is 0 Å². The molecule has 1 aliphatic rings. The van der Waals surface area contributed by atoms with Crippen molar-refractivity contribution in [3.63, 3.8) is 0 Å². The third-order valence-electron chi connectivity index (χ3n) is 3.85. The van der Waals surface area contributed by atoms with Gasteiger partial charge in [0.25, 0.3) is 0 Å². The number of carboxylic acids is 1. The largest absolute Gasteiger partial charge is 0.478 e. The number of nitrogens with one attached hydrogen (secondary N) is 1. The first-order valence-electron chi connectivity index (χ1n) is 6.78. The molecule has 1 aliphatic carbocycles. The van der Waals surface area contributed by atoms with E-state index in [1.165, 1.54) is 19.3 Å². The summed E-state index contributed by atoms with van der Waals surface area (Å²) in [5.41, 5.74) is 1.43. The molecule has 0 radical (unpaired) electrons. The summed E-state index contributed by atoms with van der Waals surface area (Å²) in [5.74, 6) is 0.778. The number of benzene rings is 1. The van der Waals surface area contributed by atoms with Crippen LogP contribution >= 0.6 is 15.9 Å². The lowest BCUT2D eigenvalue weighted by Crippen LogP contribution is -2.21. The number of aromatic carboxylic acids is 1. The highest BCUT2D eigenvalue weighted by atomic mass is 79.9. The predicted molar refractivity (Wildman–Crippen MR) is 79.3 cm³/mol. The third kappa shape index (κ3) is 4.05. The lowest BCUT2D eigenvalue weighted by atomic mass is 10.1. The molecule has 2 atom stereocenters. The van der Waals surface area contributed by atoms with Crippen LogP contribution in [0.5, 0.6) is 0 Å². The van der Waals surface area contributed by atoms with E-state index in [4.69, 9.17) is 5.11 Å². The molecule has 0 aromatic heterocycles. The Kier molecular flexibility index (Phi) is 4.99. The SMILES string of the molecule is CC1CCC(CNCc2ccc(C(=O)O)cc2Br)C1. The molecule has 0 spiro atoms. The molecule has 0 aliphatic heterocycles. The Bertz CT molecular complexity index is 461. The maximum Gasteiger partial charge on any atom is 0.335 e. The van der Waals surface area contributed by atoms with Gasteiger partial charge in [-0.15, -0.1) is 0 Å². The fourth-order valence-electron chi connectivity index (χ4n) is 2.75. The number of carbonyl (C=O) groups is 1. The van der Waals surface area contributed by atoms with Crippen LogP contribution in [0, 0.1) is 11.8 Å². The summed E-state index contributed by atoms with van der Waals surface area (Å²) in [5, 5.41) is 12.4. The maximum absolute atomic E-state index is 10.8. The summed E-state index contributed by atoms with van der Waals surface area (Å²) in [4.78, 5) is 10.8. The van der Waals surface area contributed by atoms with Gasteiger partial charge < -0.3 is 10.4 Å². The number of rotatable bonds is 5. The molecule has 3 nitrogen and oxygen atoms in total. The Hall–Kier alpha value is -0.870. The number of hydrogen-bond acceptors (Lipinski definition) is 2. The second kappa shape index (κ2) is 6.53. The predicted octanol–water partition coefficient (Wildman–Crippen LogP) is 3.67. The van der Waals surface area contributed by atoms with Crippen molar-refractivity contribution >= 4 is 21.9 Å². The topological polar surface area (TPSA) is 49.3 Å². The van der Waals surface area contributed by atoms with E-state index < -0.39 is 5.97 Å². The quantitative estimate of drug-likeness (QED) is 0.868. The van der Waals surface area contributed by atoms with E-state index in [1.807, 2.05) is 6.07 Å². The van der Waals surface area contributed by atoms with Gasteiger partial charge in [-0.05, 0) is 48.9 Å². The minimum Gasteiger partial charge on any atom is -0.478 e. The highest BCUT2D eigenvalue weighted by Crippen LogP contribution is 2.29. The van der Waals surface area contributed by atoms with Crippen LogP contribution in [0.2, 0.25) is 0 Å². The zero-order chi connectivity index (χ0) is 13.8. The van der Waals surface area contributed by atoms with Crippen molar-refractivity contribution in [3.8, 4) is 0 Å². The van der Waals surface area contributed by atoms with Gasteiger partial charge >= 0.3 is 5.97 Å². The molecule has 0 bridgehead atoms. The number of carboxylic acid groups (broad SMARTS) is 1. The van der Waals surface area contributed by atoms with Crippen molar-refractivity contribution in [2.24, 2.45) is 11.8 Å². The maximum atomic E-state index is 10.8. The molecule has 0 amide bonds. The Morgan fingerprint density at radius 1 is 1.47 bits per heavy atom. The molecule has 0 heterocycles. The first-order valence-corrected chi connectivity index (χ1v) is 7.58. The molecule has 1 fully saturated rings. The number of hydrogen-bond donors (Lipinski definition) is 2. The molecule has 1 aromatic rings. The molecule has 2 N–H and O–H groups in total. The van der Waals surface area contributed by atoms with E-state index in [1.54, 1.807) is 12.1 Å². The molecule has 1 saturated carbocycles. The zero-order valence-electron chi connectivity index (χ0n) is 11.2. The second-order valence-electron chi connectivity index (χ2n) is 5.53. The number of halogens is 1. The van der Waals surface area contributed by atoms with Crippen molar-refractivity contribution in [3.05, 3.63) is 33.8 Å². The zero-order valence-corrected chi connectivity index (χ0v) is 12.7. The minimum atomic E-state index is -0.889. The monoisotopic (exact) mass is 325 g/mol. The highest BCUT2D eigenvalue weighted by molar-refractivity contribution is 9.10. The first kappa shape index (κ1) is 14.5. The Labute approximate surface area is 122 Å². The van der Waals surface area contributed by atoms with Crippen LogP contribution in [0.15, 0.2) is 22.7 Å². The highest BCUT2D eigenvalue weighted by Gasteiger charge is 2.20. The molecular formula is C15H20BrNO2.